The first kappa shape index (κ1) is 14.7. The highest BCUT2D eigenvalue weighted by Crippen LogP contribution is 2.34. The fourth-order valence-electron chi connectivity index (χ4n) is 2.00. The van der Waals surface area contributed by atoms with Gasteiger partial charge in [-0.1, -0.05) is 0 Å². The van der Waals surface area contributed by atoms with Gasteiger partial charge in [0.15, 0.2) is 0 Å². The van der Waals surface area contributed by atoms with Crippen LogP contribution < -0.4 is 4.90 Å². The standard InChI is InChI=1S/C13H17N3O3S/c1-4-19-6-5-16(3)11-9-8(2)10(13(17)18)20-12(9)15-7-14-11/h7H,4-6H2,1-3H3,(H,17,18). The van der Waals surface area contributed by atoms with Gasteiger partial charge in [0, 0.05) is 20.2 Å². The summed E-state index contributed by atoms with van der Waals surface area (Å²) in [4.78, 5) is 22.7. The third-order valence-corrected chi connectivity index (χ3v) is 4.23. The number of aromatic nitrogens is 2. The van der Waals surface area contributed by atoms with Gasteiger partial charge >= 0.3 is 5.97 Å². The average molecular weight is 295 g/mol. The van der Waals surface area contributed by atoms with E-state index >= 15 is 0 Å². The van der Waals surface area contributed by atoms with Gasteiger partial charge in [-0.25, -0.2) is 14.8 Å². The van der Waals surface area contributed by atoms with Crippen LogP contribution in [-0.4, -0.2) is 47.8 Å². The van der Waals surface area contributed by atoms with E-state index in [0.717, 1.165) is 16.8 Å². The molecule has 0 saturated carbocycles. The van der Waals surface area contributed by atoms with E-state index in [2.05, 4.69) is 9.97 Å². The number of aromatic carboxylic acids is 1. The maximum atomic E-state index is 11.2. The summed E-state index contributed by atoms with van der Waals surface area (Å²) in [6, 6.07) is 0. The van der Waals surface area contributed by atoms with E-state index in [1.165, 1.54) is 17.7 Å². The van der Waals surface area contributed by atoms with E-state index < -0.39 is 5.97 Å². The van der Waals surface area contributed by atoms with Crippen molar-refractivity contribution < 1.29 is 14.6 Å². The number of likely N-dealkylation sites (N-methyl/N-ethyl adjacent to an activating group) is 1. The molecule has 0 bridgehead atoms. The lowest BCUT2D eigenvalue weighted by molar-refractivity contribution is 0.0701. The Morgan fingerprint density at radius 1 is 1.50 bits per heavy atom. The van der Waals surface area contributed by atoms with Gasteiger partial charge in [-0.3, -0.25) is 0 Å². The van der Waals surface area contributed by atoms with Crippen LogP contribution in [0, 0.1) is 6.92 Å². The first-order valence-corrected chi connectivity index (χ1v) is 7.14. The van der Waals surface area contributed by atoms with Crippen LogP contribution >= 0.6 is 11.3 Å². The quantitative estimate of drug-likeness (QED) is 0.823. The summed E-state index contributed by atoms with van der Waals surface area (Å²) in [7, 11) is 1.92. The minimum atomic E-state index is -0.923. The van der Waals surface area contributed by atoms with Gasteiger partial charge in [0.2, 0.25) is 0 Å². The van der Waals surface area contributed by atoms with E-state index in [-0.39, 0.29) is 0 Å². The number of hydrogen-bond donors (Lipinski definition) is 1. The summed E-state index contributed by atoms with van der Waals surface area (Å²) < 4.78 is 5.33. The fourth-order valence-corrected chi connectivity index (χ4v) is 2.98. The summed E-state index contributed by atoms with van der Waals surface area (Å²) in [5.74, 6) is -0.177. The van der Waals surface area contributed by atoms with Gasteiger partial charge in [-0.15, -0.1) is 11.3 Å². The number of carboxylic acids is 1. The molecule has 0 fully saturated rings. The summed E-state index contributed by atoms with van der Waals surface area (Å²) in [6.45, 7) is 5.72. The Hall–Kier alpha value is -1.73. The Morgan fingerprint density at radius 2 is 2.25 bits per heavy atom. The number of carbonyl (C=O) groups is 1. The van der Waals surface area contributed by atoms with Crippen molar-refractivity contribution in [3.63, 3.8) is 0 Å². The Morgan fingerprint density at radius 3 is 2.90 bits per heavy atom. The predicted molar refractivity (Wildman–Crippen MR) is 78.9 cm³/mol. The number of fused-ring (bicyclic) bond motifs is 1. The maximum absolute atomic E-state index is 11.2. The zero-order chi connectivity index (χ0) is 14.7. The molecule has 20 heavy (non-hydrogen) atoms. The molecule has 0 spiro atoms. The highest BCUT2D eigenvalue weighted by Gasteiger charge is 2.19. The van der Waals surface area contributed by atoms with Crippen LogP contribution in [0.25, 0.3) is 10.2 Å². The van der Waals surface area contributed by atoms with Crippen LogP contribution in [0.15, 0.2) is 6.33 Å². The van der Waals surface area contributed by atoms with Crippen LogP contribution in [0.3, 0.4) is 0 Å². The SMILES string of the molecule is CCOCCN(C)c1ncnc2sc(C(=O)O)c(C)c12. The van der Waals surface area contributed by atoms with Crippen molar-refractivity contribution in [1.82, 2.24) is 9.97 Å². The van der Waals surface area contributed by atoms with Crippen molar-refractivity contribution >= 4 is 33.3 Å². The molecule has 6 nitrogen and oxygen atoms in total. The Balaban J connectivity index is 2.40. The lowest BCUT2D eigenvalue weighted by atomic mass is 10.2. The zero-order valence-electron chi connectivity index (χ0n) is 11.7. The molecule has 2 aromatic heterocycles. The molecule has 2 heterocycles. The molecular formula is C13H17N3O3S. The number of hydrogen-bond acceptors (Lipinski definition) is 6. The second kappa shape index (κ2) is 6.15. The number of anilines is 1. The molecule has 0 aliphatic heterocycles. The van der Waals surface area contributed by atoms with Crippen LogP contribution in [-0.2, 0) is 4.74 Å². The molecule has 0 saturated heterocycles. The monoisotopic (exact) mass is 295 g/mol. The zero-order valence-corrected chi connectivity index (χ0v) is 12.5. The molecule has 0 unspecified atom stereocenters. The van der Waals surface area contributed by atoms with E-state index in [0.29, 0.717) is 29.5 Å². The molecule has 0 radical (unpaired) electrons. The fraction of sp³-hybridized carbons (Fsp3) is 0.462. The molecule has 0 atom stereocenters. The van der Waals surface area contributed by atoms with Gasteiger partial charge in [0.1, 0.15) is 21.9 Å². The Kier molecular flexibility index (Phi) is 4.51. The van der Waals surface area contributed by atoms with Crippen molar-refractivity contribution in [3.8, 4) is 0 Å². The minimum Gasteiger partial charge on any atom is -0.477 e. The van der Waals surface area contributed by atoms with Gasteiger partial charge < -0.3 is 14.7 Å². The molecular weight excluding hydrogens is 278 g/mol. The molecule has 7 heteroatoms. The third-order valence-electron chi connectivity index (χ3n) is 3.04. The van der Waals surface area contributed by atoms with Gasteiger partial charge in [-0.05, 0) is 19.4 Å². The lowest BCUT2D eigenvalue weighted by Crippen LogP contribution is -2.23. The largest absolute Gasteiger partial charge is 0.477 e. The van der Waals surface area contributed by atoms with Crippen LogP contribution in [0.2, 0.25) is 0 Å². The number of rotatable bonds is 6. The van der Waals surface area contributed by atoms with Gasteiger partial charge in [0.25, 0.3) is 0 Å². The van der Waals surface area contributed by atoms with Crippen molar-refractivity contribution in [2.24, 2.45) is 0 Å². The van der Waals surface area contributed by atoms with Crippen LogP contribution in [0.4, 0.5) is 5.82 Å². The van der Waals surface area contributed by atoms with E-state index in [4.69, 9.17) is 4.74 Å². The van der Waals surface area contributed by atoms with Crippen molar-refractivity contribution in [2.45, 2.75) is 13.8 Å². The first-order valence-electron chi connectivity index (χ1n) is 6.32. The highest BCUT2D eigenvalue weighted by atomic mass is 32.1. The third kappa shape index (κ3) is 2.73. The van der Waals surface area contributed by atoms with Crippen molar-refractivity contribution in [3.05, 3.63) is 16.8 Å². The summed E-state index contributed by atoms with van der Waals surface area (Å²) >= 11 is 1.18. The predicted octanol–water partition coefficient (Wildman–Crippen LogP) is 2.17. The molecule has 0 aliphatic carbocycles. The topological polar surface area (TPSA) is 75.5 Å². The Bertz CT molecular complexity index is 627. The Labute approximate surface area is 121 Å². The average Bonchev–Trinajstić information content (AvgIpc) is 2.76. The van der Waals surface area contributed by atoms with Crippen molar-refractivity contribution in [2.75, 3.05) is 31.7 Å². The van der Waals surface area contributed by atoms with Crippen molar-refractivity contribution in [1.29, 1.82) is 0 Å². The second-order valence-corrected chi connectivity index (χ2v) is 5.36. The first-order chi connectivity index (χ1) is 9.56. The van der Waals surface area contributed by atoms with E-state index in [1.54, 1.807) is 6.92 Å². The molecule has 2 aromatic rings. The van der Waals surface area contributed by atoms with E-state index in [1.807, 2.05) is 18.9 Å². The summed E-state index contributed by atoms with van der Waals surface area (Å²) in [5, 5.41) is 10.0. The van der Waals surface area contributed by atoms with E-state index in [9.17, 15) is 9.90 Å². The van der Waals surface area contributed by atoms with Gasteiger partial charge in [-0.2, -0.15) is 0 Å². The number of ether oxygens (including phenoxy) is 1. The highest BCUT2D eigenvalue weighted by molar-refractivity contribution is 7.20. The number of carboxylic acid groups (broad SMARTS) is 1. The number of thiophene rings is 1. The number of nitrogens with zero attached hydrogens (tertiary/aromatic N) is 3. The second-order valence-electron chi connectivity index (χ2n) is 4.36. The molecule has 2 rings (SSSR count). The minimum absolute atomic E-state index is 0.319. The molecule has 1 N–H and O–H groups in total. The molecule has 0 aliphatic rings. The van der Waals surface area contributed by atoms with Crippen LogP contribution in [0.1, 0.15) is 22.2 Å². The lowest BCUT2D eigenvalue weighted by Gasteiger charge is -2.18. The van der Waals surface area contributed by atoms with Crippen LogP contribution in [0.5, 0.6) is 0 Å². The molecule has 108 valence electrons. The number of aryl methyl sites for hydroxylation is 1. The normalized spacial score (nSPS) is 10.9. The smallest absolute Gasteiger partial charge is 0.346 e. The molecule has 0 amide bonds. The summed E-state index contributed by atoms with van der Waals surface area (Å²) in [5.41, 5.74) is 0.719. The maximum Gasteiger partial charge on any atom is 0.346 e. The summed E-state index contributed by atoms with van der Waals surface area (Å²) in [6.07, 6.45) is 1.47. The van der Waals surface area contributed by atoms with Gasteiger partial charge in [0.05, 0.1) is 12.0 Å². The molecule has 0 aromatic carbocycles.